The third-order valence-electron chi connectivity index (χ3n) is 3.86. The molecule has 2 N–H and O–H groups in total. The quantitative estimate of drug-likeness (QED) is 0.692. The standard InChI is InChI=1S/C20H16N2O2/c1-2-19(23)17-10-16(8-9-20(17)24)22-12-15(11-21)18(13-22)14-6-4-3-5-7-14/h2-10,12-13,23-24H,1H3/b19-2+. The molecular weight excluding hydrogens is 300 g/mol. The number of rotatable bonds is 3. The molecule has 0 unspecified atom stereocenters. The monoisotopic (exact) mass is 316 g/mol. The van der Waals surface area contributed by atoms with Crippen molar-refractivity contribution in [3.05, 3.63) is 78.1 Å². The Hall–Kier alpha value is -3.45. The van der Waals surface area contributed by atoms with Gasteiger partial charge in [0.15, 0.2) is 0 Å². The van der Waals surface area contributed by atoms with Crippen LogP contribution in [0.15, 0.2) is 67.0 Å². The fraction of sp³-hybridized carbons (Fsp3) is 0.0500. The molecule has 0 saturated carbocycles. The minimum atomic E-state index is 0.00490. The van der Waals surface area contributed by atoms with Crippen molar-refractivity contribution in [2.75, 3.05) is 0 Å². The third-order valence-corrected chi connectivity index (χ3v) is 3.86. The highest BCUT2D eigenvalue weighted by Crippen LogP contribution is 2.29. The van der Waals surface area contributed by atoms with Gasteiger partial charge < -0.3 is 14.8 Å². The minimum Gasteiger partial charge on any atom is -0.508 e. The van der Waals surface area contributed by atoms with E-state index in [2.05, 4.69) is 6.07 Å². The molecule has 118 valence electrons. The lowest BCUT2D eigenvalue weighted by Crippen LogP contribution is -1.92. The van der Waals surface area contributed by atoms with E-state index in [1.165, 1.54) is 12.1 Å². The van der Waals surface area contributed by atoms with E-state index in [1.54, 1.807) is 25.3 Å². The fourth-order valence-electron chi connectivity index (χ4n) is 2.59. The Balaban J connectivity index is 2.12. The second-order valence-corrected chi connectivity index (χ2v) is 5.35. The Morgan fingerprint density at radius 2 is 1.88 bits per heavy atom. The fourth-order valence-corrected chi connectivity index (χ4v) is 2.59. The molecule has 4 heteroatoms. The van der Waals surface area contributed by atoms with Gasteiger partial charge in [0, 0.05) is 23.6 Å². The van der Waals surface area contributed by atoms with Gasteiger partial charge in [0.05, 0.1) is 11.1 Å². The molecule has 0 saturated heterocycles. The van der Waals surface area contributed by atoms with Crippen LogP contribution < -0.4 is 0 Å². The molecule has 0 atom stereocenters. The second kappa shape index (κ2) is 6.35. The highest BCUT2D eigenvalue weighted by Gasteiger charge is 2.12. The van der Waals surface area contributed by atoms with Gasteiger partial charge in [0.1, 0.15) is 17.6 Å². The highest BCUT2D eigenvalue weighted by atomic mass is 16.3. The lowest BCUT2D eigenvalue weighted by atomic mass is 10.1. The van der Waals surface area contributed by atoms with Gasteiger partial charge in [-0.15, -0.1) is 0 Å². The van der Waals surface area contributed by atoms with Crippen LogP contribution in [-0.4, -0.2) is 14.8 Å². The molecule has 0 amide bonds. The van der Waals surface area contributed by atoms with Crippen molar-refractivity contribution in [1.29, 1.82) is 5.26 Å². The predicted octanol–water partition coefficient (Wildman–Crippen LogP) is 4.64. The summed E-state index contributed by atoms with van der Waals surface area (Å²) >= 11 is 0. The van der Waals surface area contributed by atoms with Gasteiger partial charge in [-0.05, 0) is 36.8 Å². The van der Waals surface area contributed by atoms with Crippen molar-refractivity contribution in [2.24, 2.45) is 0 Å². The van der Waals surface area contributed by atoms with Crippen LogP contribution in [0.4, 0.5) is 0 Å². The van der Waals surface area contributed by atoms with Crippen molar-refractivity contribution < 1.29 is 10.2 Å². The van der Waals surface area contributed by atoms with Crippen LogP contribution in [-0.2, 0) is 0 Å². The smallest absolute Gasteiger partial charge is 0.126 e. The first-order chi connectivity index (χ1) is 11.6. The van der Waals surface area contributed by atoms with Gasteiger partial charge >= 0.3 is 0 Å². The Kier molecular flexibility index (Phi) is 4.09. The first-order valence-electron chi connectivity index (χ1n) is 7.50. The van der Waals surface area contributed by atoms with Gasteiger partial charge in [-0.25, -0.2) is 0 Å². The van der Waals surface area contributed by atoms with E-state index in [-0.39, 0.29) is 11.5 Å². The third kappa shape index (κ3) is 2.75. The summed E-state index contributed by atoms with van der Waals surface area (Å²) in [5.74, 6) is 0.00981. The van der Waals surface area contributed by atoms with Gasteiger partial charge in [-0.1, -0.05) is 30.3 Å². The minimum absolute atomic E-state index is 0.00490. The van der Waals surface area contributed by atoms with Crippen LogP contribution in [0.1, 0.15) is 18.1 Å². The van der Waals surface area contributed by atoms with Gasteiger partial charge in [-0.2, -0.15) is 5.26 Å². The van der Waals surface area contributed by atoms with E-state index in [0.29, 0.717) is 11.1 Å². The van der Waals surface area contributed by atoms with Gasteiger partial charge in [0.2, 0.25) is 0 Å². The zero-order valence-corrected chi connectivity index (χ0v) is 13.1. The molecular formula is C20H16N2O2. The number of aromatic nitrogens is 1. The Bertz CT molecular complexity index is 948. The first-order valence-corrected chi connectivity index (χ1v) is 7.50. The Morgan fingerprint density at radius 3 is 2.54 bits per heavy atom. The molecule has 4 nitrogen and oxygen atoms in total. The van der Waals surface area contributed by atoms with Crippen molar-refractivity contribution in [1.82, 2.24) is 4.57 Å². The zero-order chi connectivity index (χ0) is 17.1. The van der Waals surface area contributed by atoms with Crippen molar-refractivity contribution in [2.45, 2.75) is 6.92 Å². The number of aliphatic hydroxyl groups is 1. The molecule has 0 bridgehead atoms. The van der Waals surface area contributed by atoms with Crippen LogP contribution in [0.25, 0.3) is 22.6 Å². The summed E-state index contributed by atoms with van der Waals surface area (Å²) in [6.45, 7) is 1.69. The number of hydrogen-bond donors (Lipinski definition) is 2. The molecule has 0 radical (unpaired) electrons. The average molecular weight is 316 g/mol. The summed E-state index contributed by atoms with van der Waals surface area (Å²) < 4.78 is 1.81. The first kappa shape index (κ1) is 15.4. The summed E-state index contributed by atoms with van der Waals surface area (Å²) in [5.41, 5.74) is 3.45. The van der Waals surface area contributed by atoms with Gasteiger partial charge in [-0.3, -0.25) is 0 Å². The topological polar surface area (TPSA) is 69.2 Å². The molecule has 1 aromatic heterocycles. The van der Waals surface area contributed by atoms with E-state index >= 15 is 0 Å². The molecule has 1 heterocycles. The maximum atomic E-state index is 9.90. The molecule has 24 heavy (non-hydrogen) atoms. The van der Waals surface area contributed by atoms with Crippen LogP contribution in [0, 0.1) is 11.3 Å². The second-order valence-electron chi connectivity index (χ2n) is 5.35. The van der Waals surface area contributed by atoms with E-state index in [0.717, 1.165) is 16.8 Å². The predicted molar refractivity (Wildman–Crippen MR) is 93.9 cm³/mol. The summed E-state index contributed by atoms with van der Waals surface area (Å²) in [7, 11) is 0. The average Bonchev–Trinajstić information content (AvgIpc) is 3.06. The maximum Gasteiger partial charge on any atom is 0.126 e. The summed E-state index contributed by atoms with van der Waals surface area (Å²) in [6, 6.07) is 16.8. The number of aliphatic hydroxyl groups excluding tert-OH is 1. The number of nitrogens with zero attached hydrogens (tertiary/aromatic N) is 2. The summed E-state index contributed by atoms with van der Waals surface area (Å²) in [4.78, 5) is 0. The molecule has 0 spiro atoms. The van der Waals surface area contributed by atoms with E-state index in [9.17, 15) is 15.5 Å². The van der Waals surface area contributed by atoms with E-state index < -0.39 is 0 Å². The zero-order valence-electron chi connectivity index (χ0n) is 13.1. The molecule has 0 aliphatic rings. The molecule has 0 aliphatic carbocycles. The van der Waals surface area contributed by atoms with Crippen LogP contribution in [0.3, 0.4) is 0 Å². The molecule has 2 aromatic carbocycles. The number of phenols is 1. The number of phenolic OH excluding ortho intramolecular Hbond substituents is 1. The number of nitriles is 1. The lowest BCUT2D eigenvalue weighted by Gasteiger charge is -2.08. The Labute approximate surface area is 140 Å². The van der Waals surface area contributed by atoms with Gasteiger partial charge in [0.25, 0.3) is 0 Å². The number of benzene rings is 2. The molecule has 0 aliphatic heterocycles. The van der Waals surface area contributed by atoms with Crippen LogP contribution >= 0.6 is 0 Å². The van der Waals surface area contributed by atoms with E-state index in [4.69, 9.17) is 0 Å². The highest BCUT2D eigenvalue weighted by molar-refractivity contribution is 5.72. The van der Waals surface area contributed by atoms with Crippen molar-refractivity contribution >= 4 is 5.76 Å². The van der Waals surface area contributed by atoms with Crippen molar-refractivity contribution in [3.8, 4) is 28.6 Å². The molecule has 0 fully saturated rings. The maximum absolute atomic E-state index is 9.90. The summed E-state index contributed by atoms with van der Waals surface area (Å²) in [5, 5.41) is 29.2. The normalized spacial score (nSPS) is 11.2. The van der Waals surface area contributed by atoms with Crippen LogP contribution in [0.2, 0.25) is 0 Å². The Morgan fingerprint density at radius 1 is 1.12 bits per heavy atom. The molecule has 3 rings (SSSR count). The van der Waals surface area contributed by atoms with Crippen LogP contribution in [0.5, 0.6) is 5.75 Å². The van der Waals surface area contributed by atoms with Crippen molar-refractivity contribution in [3.63, 3.8) is 0 Å². The number of allylic oxidation sites excluding steroid dienone is 1. The lowest BCUT2D eigenvalue weighted by molar-refractivity contribution is 0.460. The SMILES string of the molecule is C/C=C(/O)c1cc(-n2cc(C#N)c(-c3ccccc3)c2)ccc1O. The largest absolute Gasteiger partial charge is 0.508 e. The number of aromatic hydroxyl groups is 1. The number of hydrogen-bond acceptors (Lipinski definition) is 3. The molecule has 3 aromatic rings. The summed E-state index contributed by atoms with van der Waals surface area (Å²) in [6.07, 6.45) is 5.13. The van der Waals surface area contributed by atoms with E-state index in [1.807, 2.05) is 41.1 Å².